The number of Topliss-reactive ketones (excluding diaryl/α,β-unsaturated/α-hetero) is 1. The summed E-state index contributed by atoms with van der Waals surface area (Å²) in [5, 5.41) is 3.75. The number of carbonyl (C=O) groups excluding carboxylic acids is 1. The number of aryl methyl sites for hydroxylation is 1. The maximum atomic E-state index is 11.2. The number of hydrogen-bond donors (Lipinski definition) is 0. The minimum Gasteiger partial charge on any atom is -0.353 e. The molecule has 3 nitrogen and oxygen atoms in total. The van der Waals surface area contributed by atoms with Gasteiger partial charge in [-0.05, 0) is 19.8 Å². The number of nitrogens with zero attached hydrogens (tertiary/aromatic N) is 1. The highest BCUT2D eigenvalue weighted by Gasteiger charge is 2.23. The van der Waals surface area contributed by atoms with Gasteiger partial charge in [0.2, 0.25) is 11.5 Å². The van der Waals surface area contributed by atoms with E-state index in [2.05, 4.69) is 5.16 Å². The van der Waals surface area contributed by atoms with Crippen LogP contribution in [0.5, 0.6) is 0 Å². The van der Waals surface area contributed by atoms with E-state index in [1.807, 2.05) is 6.92 Å². The van der Waals surface area contributed by atoms with Crippen molar-refractivity contribution in [3.8, 4) is 0 Å². The first-order valence-corrected chi connectivity index (χ1v) is 3.77. The Kier molecular flexibility index (Phi) is 1.31. The van der Waals surface area contributed by atoms with E-state index in [1.54, 1.807) is 0 Å². The van der Waals surface area contributed by atoms with Gasteiger partial charge >= 0.3 is 0 Å². The lowest BCUT2D eigenvalue weighted by Crippen LogP contribution is -2.08. The van der Waals surface area contributed by atoms with Gasteiger partial charge in [-0.25, -0.2) is 0 Å². The van der Waals surface area contributed by atoms with E-state index >= 15 is 0 Å². The van der Waals surface area contributed by atoms with Gasteiger partial charge in [-0.3, -0.25) is 4.79 Å². The van der Waals surface area contributed by atoms with E-state index in [9.17, 15) is 4.79 Å². The molecule has 0 aromatic carbocycles. The molecule has 0 saturated heterocycles. The molecule has 0 amide bonds. The van der Waals surface area contributed by atoms with E-state index < -0.39 is 0 Å². The predicted molar refractivity (Wildman–Crippen MR) is 38.5 cm³/mol. The molecule has 0 unspecified atom stereocenters. The highest BCUT2D eigenvalue weighted by Crippen LogP contribution is 2.23. The first-order chi connectivity index (χ1) is 5.29. The summed E-state index contributed by atoms with van der Waals surface area (Å²) >= 11 is 0. The molecule has 1 aromatic heterocycles. The van der Waals surface area contributed by atoms with Gasteiger partial charge in [-0.15, -0.1) is 0 Å². The Balaban J connectivity index is 2.55. The van der Waals surface area contributed by atoms with Crippen LogP contribution >= 0.6 is 0 Å². The van der Waals surface area contributed by atoms with Gasteiger partial charge < -0.3 is 4.52 Å². The molecular formula is C8H9NO2. The number of carbonyl (C=O) groups is 1. The van der Waals surface area contributed by atoms with Gasteiger partial charge in [0.25, 0.3) is 0 Å². The fraction of sp³-hybridized carbons (Fsp3) is 0.500. The third-order valence-electron chi connectivity index (χ3n) is 2.07. The van der Waals surface area contributed by atoms with Crippen molar-refractivity contribution in [2.45, 2.75) is 26.2 Å². The van der Waals surface area contributed by atoms with Crippen LogP contribution in [-0.4, -0.2) is 10.9 Å². The molecule has 11 heavy (non-hydrogen) atoms. The molecule has 2 rings (SSSR count). The molecule has 0 fully saturated rings. The first-order valence-electron chi connectivity index (χ1n) is 3.77. The summed E-state index contributed by atoms with van der Waals surface area (Å²) in [6.45, 7) is 1.88. The number of aromatic nitrogens is 1. The zero-order valence-corrected chi connectivity index (χ0v) is 6.39. The van der Waals surface area contributed by atoms with Crippen molar-refractivity contribution >= 4 is 5.78 Å². The van der Waals surface area contributed by atoms with Crippen LogP contribution in [0.3, 0.4) is 0 Å². The lowest BCUT2D eigenvalue weighted by Gasteiger charge is -2.06. The topological polar surface area (TPSA) is 43.1 Å². The minimum atomic E-state index is 0.104. The Bertz CT molecular complexity index is 301. The van der Waals surface area contributed by atoms with Crippen LogP contribution in [0.2, 0.25) is 0 Å². The predicted octanol–water partition coefficient (Wildman–Crippen LogP) is 1.50. The molecule has 0 saturated carbocycles. The minimum absolute atomic E-state index is 0.104. The maximum Gasteiger partial charge on any atom is 0.205 e. The third-order valence-corrected chi connectivity index (χ3v) is 2.07. The van der Waals surface area contributed by atoms with Crippen LogP contribution in [0.15, 0.2) is 4.52 Å². The van der Waals surface area contributed by atoms with Crippen LogP contribution in [0, 0.1) is 6.92 Å². The molecule has 1 aliphatic carbocycles. The van der Waals surface area contributed by atoms with Crippen molar-refractivity contribution in [1.29, 1.82) is 0 Å². The number of ketones is 1. The molecule has 0 radical (unpaired) electrons. The molecule has 1 aliphatic rings. The van der Waals surface area contributed by atoms with Gasteiger partial charge in [0.1, 0.15) is 0 Å². The van der Waals surface area contributed by atoms with E-state index in [-0.39, 0.29) is 5.78 Å². The summed E-state index contributed by atoms with van der Waals surface area (Å²) in [4.78, 5) is 11.2. The van der Waals surface area contributed by atoms with Crippen LogP contribution in [0.1, 0.15) is 34.7 Å². The fourth-order valence-corrected chi connectivity index (χ4v) is 1.44. The molecule has 0 N–H and O–H groups in total. The lowest BCUT2D eigenvalue weighted by molar-refractivity contribution is 0.0935. The average molecular weight is 151 g/mol. The summed E-state index contributed by atoms with van der Waals surface area (Å²) in [7, 11) is 0. The van der Waals surface area contributed by atoms with Crippen LogP contribution < -0.4 is 0 Å². The molecule has 3 heteroatoms. The second-order valence-electron chi connectivity index (χ2n) is 2.85. The smallest absolute Gasteiger partial charge is 0.205 e. The van der Waals surface area contributed by atoms with Crippen molar-refractivity contribution in [3.63, 3.8) is 0 Å². The van der Waals surface area contributed by atoms with E-state index in [4.69, 9.17) is 4.52 Å². The monoisotopic (exact) mass is 151 g/mol. The van der Waals surface area contributed by atoms with Crippen molar-refractivity contribution in [2.24, 2.45) is 0 Å². The highest BCUT2D eigenvalue weighted by molar-refractivity contribution is 5.95. The Morgan fingerprint density at radius 1 is 1.45 bits per heavy atom. The molecule has 0 spiro atoms. The standard InChI is InChI=1S/C8H9NO2/c1-5-6-3-2-4-7(10)8(6)11-9-5/h2-4H2,1H3. The second-order valence-corrected chi connectivity index (χ2v) is 2.85. The third kappa shape index (κ3) is 0.878. The summed E-state index contributed by atoms with van der Waals surface area (Å²) in [6, 6.07) is 0. The van der Waals surface area contributed by atoms with E-state index in [0.717, 1.165) is 24.1 Å². The molecule has 0 bridgehead atoms. The van der Waals surface area contributed by atoms with Crippen LogP contribution in [0.4, 0.5) is 0 Å². The van der Waals surface area contributed by atoms with Gasteiger partial charge in [0.05, 0.1) is 5.69 Å². The van der Waals surface area contributed by atoms with Crippen LogP contribution in [-0.2, 0) is 6.42 Å². The van der Waals surface area contributed by atoms with Crippen LogP contribution in [0.25, 0.3) is 0 Å². The Hall–Kier alpha value is -1.12. The second kappa shape index (κ2) is 2.19. The number of hydrogen-bond acceptors (Lipinski definition) is 3. The van der Waals surface area contributed by atoms with Crippen molar-refractivity contribution in [1.82, 2.24) is 5.16 Å². The highest BCUT2D eigenvalue weighted by atomic mass is 16.5. The molecular weight excluding hydrogens is 142 g/mol. The molecule has 1 aromatic rings. The maximum absolute atomic E-state index is 11.2. The largest absolute Gasteiger partial charge is 0.353 e. The zero-order valence-electron chi connectivity index (χ0n) is 6.39. The molecule has 0 aliphatic heterocycles. The quantitative estimate of drug-likeness (QED) is 0.564. The Morgan fingerprint density at radius 3 is 3.00 bits per heavy atom. The normalized spacial score (nSPS) is 16.6. The molecule has 0 atom stereocenters. The summed E-state index contributed by atoms with van der Waals surface area (Å²) in [5.41, 5.74) is 1.88. The van der Waals surface area contributed by atoms with Crippen molar-refractivity contribution in [2.75, 3.05) is 0 Å². The van der Waals surface area contributed by atoms with Crippen molar-refractivity contribution in [3.05, 3.63) is 17.0 Å². The lowest BCUT2D eigenvalue weighted by atomic mass is 9.96. The summed E-state index contributed by atoms with van der Waals surface area (Å²) in [6.07, 6.45) is 2.49. The van der Waals surface area contributed by atoms with E-state index in [0.29, 0.717) is 12.2 Å². The number of rotatable bonds is 0. The summed E-state index contributed by atoms with van der Waals surface area (Å²) < 4.78 is 4.90. The number of fused-ring (bicyclic) bond motifs is 1. The van der Waals surface area contributed by atoms with Crippen molar-refractivity contribution < 1.29 is 9.32 Å². The first kappa shape index (κ1) is 6.58. The zero-order chi connectivity index (χ0) is 7.84. The Labute approximate surface area is 64.4 Å². The van der Waals surface area contributed by atoms with Gasteiger partial charge in [0, 0.05) is 12.0 Å². The fourth-order valence-electron chi connectivity index (χ4n) is 1.44. The summed E-state index contributed by atoms with van der Waals surface area (Å²) in [5.74, 6) is 0.598. The van der Waals surface area contributed by atoms with E-state index in [1.165, 1.54) is 0 Å². The SMILES string of the molecule is Cc1noc2c1CCCC2=O. The van der Waals surface area contributed by atoms with Gasteiger partial charge in [-0.2, -0.15) is 0 Å². The molecule has 58 valence electrons. The van der Waals surface area contributed by atoms with Gasteiger partial charge in [0.15, 0.2) is 0 Å². The Morgan fingerprint density at radius 2 is 2.27 bits per heavy atom. The molecule has 1 heterocycles. The van der Waals surface area contributed by atoms with Gasteiger partial charge in [-0.1, -0.05) is 5.16 Å². The average Bonchev–Trinajstić information content (AvgIpc) is 2.35.